The van der Waals surface area contributed by atoms with E-state index in [4.69, 9.17) is 0 Å². The van der Waals surface area contributed by atoms with Gasteiger partial charge in [0.1, 0.15) is 12.1 Å². The van der Waals surface area contributed by atoms with Gasteiger partial charge in [-0.25, -0.2) is 9.97 Å². The molecule has 106 valence electrons. The fourth-order valence-electron chi connectivity index (χ4n) is 4.07. The summed E-state index contributed by atoms with van der Waals surface area (Å²) in [6.07, 6.45) is 11.8. The quantitative estimate of drug-likeness (QED) is 0.842. The van der Waals surface area contributed by atoms with Gasteiger partial charge in [0.05, 0.1) is 11.6 Å². The Morgan fingerprint density at radius 1 is 1.10 bits per heavy atom. The maximum absolute atomic E-state index is 4.59. The Labute approximate surface area is 119 Å². The van der Waals surface area contributed by atoms with Crippen molar-refractivity contribution in [2.75, 3.05) is 11.4 Å². The molecule has 1 unspecified atom stereocenters. The lowest BCUT2D eigenvalue weighted by Gasteiger charge is -2.30. The molecule has 20 heavy (non-hydrogen) atoms. The van der Waals surface area contributed by atoms with Crippen LogP contribution in [0.5, 0.6) is 0 Å². The van der Waals surface area contributed by atoms with E-state index in [1.165, 1.54) is 38.5 Å². The van der Waals surface area contributed by atoms with E-state index >= 15 is 0 Å². The molecular weight excluding hydrogens is 250 g/mol. The van der Waals surface area contributed by atoms with Crippen molar-refractivity contribution in [2.24, 2.45) is 13.0 Å². The van der Waals surface area contributed by atoms with Crippen molar-refractivity contribution < 1.29 is 0 Å². The Bertz CT molecular complexity index is 614. The van der Waals surface area contributed by atoms with Crippen LogP contribution in [0.25, 0.3) is 11.0 Å². The number of anilines is 1. The Kier molecular flexibility index (Phi) is 2.86. The van der Waals surface area contributed by atoms with Crippen molar-refractivity contribution in [1.82, 2.24) is 19.7 Å². The smallest absolute Gasteiger partial charge is 0.163 e. The Morgan fingerprint density at radius 3 is 2.80 bits per heavy atom. The van der Waals surface area contributed by atoms with Gasteiger partial charge in [0.15, 0.2) is 5.65 Å². The first-order chi connectivity index (χ1) is 9.84. The molecule has 2 fully saturated rings. The zero-order valence-electron chi connectivity index (χ0n) is 12.0. The SMILES string of the molecule is Cn1ncc2c(N3CCCC3C3CCCC3)ncnc21. The Hall–Kier alpha value is -1.65. The molecule has 0 bridgehead atoms. The summed E-state index contributed by atoms with van der Waals surface area (Å²) in [6.45, 7) is 1.13. The van der Waals surface area contributed by atoms with Gasteiger partial charge >= 0.3 is 0 Å². The third kappa shape index (κ3) is 1.79. The van der Waals surface area contributed by atoms with Crippen molar-refractivity contribution in [3.8, 4) is 0 Å². The lowest BCUT2D eigenvalue weighted by Crippen LogP contribution is -2.35. The molecule has 2 aromatic rings. The van der Waals surface area contributed by atoms with Crippen LogP contribution in [0.3, 0.4) is 0 Å². The van der Waals surface area contributed by atoms with E-state index in [9.17, 15) is 0 Å². The summed E-state index contributed by atoms with van der Waals surface area (Å²) >= 11 is 0. The molecule has 3 heterocycles. The molecular formula is C15H21N5. The zero-order chi connectivity index (χ0) is 13.5. The van der Waals surface area contributed by atoms with Crippen LogP contribution in [0.4, 0.5) is 5.82 Å². The molecule has 1 saturated heterocycles. The van der Waals surface area contributed by atoms with Gasteiger partial charge in [-0.05, 0) is 31.6 Å². The molecule has 0 aromatic carbocycles. The minimum absolute atomic E-state index is 0.677. The molecule has 4 rings (SSSR count). The van der Waals surface area contributed by atoms with Crippen LogP contribution >= 0.6 is 0 Å². The molecule has 1 aliphatic carbocycles. The van der Waals surface area contributed by atoms with Crippen LogP contribution in [0.1, 0.15) is 38.5 Å². The first kappa shape index (κ1) is 12.1. The van der Waals surface area contributed by atoms with Gasteiger partial charge in [-0.2, -0.15) is 5.10 Å². The van der Waals surface area contributed by atoms with Gasteiger partial charge in [-0.15, -0.1) is 0 Å². The van der Waals surface area contributed by atoms with Gasteiger partial charge in [-0.1, -0.05) is 12.8 Å². The fraction of sp³-hybridized carbons (Fsp3) is 0.667. The molecule has 0 spiro atoms. The highest BCUT2D eigenvalue weighted by Gasteiger charge is 2.34. The maximum Gasteiger partial charge on any atom is 0.163 e. The average Bonchev–Trinajstić information content (AvgIpc) is 3.18. The largest absolute Gasteiger partial charge is 0.353 e. The number of aryl methyl sites for hydroxylation is 1. The van der Waals surface area contributed by atoms with Gasteiger partial charge in [-0.3, -0.25) is 4.68 Å². The highest BCUT2D eigenvalue weighted by atomic mass is 15.3. The molecule has 0 N–H and O–H groups in total. The second-order valence-corrected chi connectivity index (χ2v) is 6.15. The van der Waals surface area contributed by atoms with Crippen molar-refractivity contribution in [1.29, 1.82) is 0 Å². The third-order valence-electron chi connectivity index (χ3n) is 5.02. The highest BCUT2D eigenvalue weighted by molar-refractivity contribution is 5.86. The van der Waals surface area contributed by atoms with Gasteiger partial charge in [0.25, 0.3) is 0 Å². The lowest BCUT2D eigenvalue weighted by molar-refractivity contribution is 0.429. The van der Waals surface area contributed by atoms with Crippen LogP contribution in [0, 0.1) is 5.92 Å². The highest BCUT2D eigenvalue weighted by Crippen LogP contribution is 2.38. The van der Waals surface area contributed by atoms with Crippen molar-refractivity contribution >= 4 is 16.9 Å². The van der Waals surface area contributed by atoms with E-state index in [0.29, 0.717) is 6.04 Å². The summed E-state index contributed by atoms with van der Waals surface area (Å²) in [4.78, 5) is 11.5. The predicted molar refractivity (Wildman–Crippen MR) is 78.6 cm³/mol. The normalized spacial score (nSPS) is 24.1. The van der Waals surface area contributed by atoms with E-state index in [1.54, 1.807) is 6.33 Å². The topological polar surface area (TPSA) is 46.8 Å². The first-order valence-electron chi connectivity index (χ1n) is 7.74. The average molecular weight is 271 g/mol. The second-order valence-electron chi connectivity index (χ2n) is 6.15. The number of fused-ring (bicyclic) bond motifs is 1. The summed E-state index contributed by atoms with van der Waals surface area (Å²) in [5.74, 6) is 1.96. The summed E-state index contributed by atoms with van der Waals surface area (Å²) < 4.78 is 1.83. The molecule has 2 aromatic heterocycles. The summed E-state index contributed by atoms with van der Waals surface area (Å²) in [7, 11) is 1.94. The van der Waals surface area contributed by atoms with Gasteiger partial charge < -0.3 is 4.90 Å². The summed E-state index contributed by atoms with van der Waals surface area (Å²) in [5, 5.41) is 5.43. The van der Waals surface area contributed by atoms with Crippen molar-refractivity contribution in [3.05, 3.63) is 12.5 Å². The third-order valence-corrected chi connectivity index (χ3v) is 5.02. The molecule has 5 nitrogen and oxygen atoms in total. The van der Waals surface area contributed by atoms with Gasteiger partial charge in [0.2, 0.25) is 0 Å². The van der Waals surface area contributed by atoms with E-state index in [1.807, 2.05) is 17.9 Å². The number of hydrogen-bond acceptors (Lipinski definition) is 4. The standard InChI is InChI=1S/C15H21N5/c1-19-14-12(9-18-19)15(17-10-16-14)20-8-4-7-13(20)11-5-2-3-6-11/h9-11,13H,2-8H2,1H3. The van der Waals surface area contributed by atoms with Crippen molar-refractivity contribution in [3.63, 3.8) is 0 Å². The van der Waals surface area contributed by atoms with Gasteiger partial charge in [0, 0.05) is 19.6 Å². The molecule has 0 radical (unpaired) electrons. The molecule has 5 heteroatoms. The predicted octanol–water partition coefficient (Wildman–Crippen LogP) is 2.52. The van der Waals surface area contributed by atoms with Crippen LogP contribution in [-0.4, -0.2) is 32.3 Å². The molecule has 1 aliphatic heterocycles. The monoisotopic (exact) mass is 271 g/mol. The summed E-state index contributed by atoms with van der Waals surface area (Å²) in [5.41, 5.74) is 0.937. The van der Waals surface area contributed by atoms with Crippen LogP contribution < -0.4 is 4.90 Å². The van der Waals surface area contributed by atoms with Crippen LogP contribution in [0.15, 0.2) is 12.5 Å². The Balaban J connectivity index is 1.74. The lowest BCUT2D eigenvalue weighted by atomic mass is 9.96. The number of rotatable bonds is 2. The van der Waals surface area contributed by atoms with Crippen LogP contribution in [0.2, 0.25) is 0 Å². The molecule has 0 amide bonds. The van der Waals surface area contributed by atoms with E-state index < -0.39 is 0 Å². The van der Waals surface area contributed by atoms with Crippen LogP contribution in [-0.2, 0) is 7.05 Å². The minimum atomic E-state index is 0.677. The van der Waals surface area contributed by atoms with E-state index in [0.717, 1.165) is 29.3 Å². The molecule has 2 aliphatic rings. The number of nitrogens with zero attached hydrogens (tertiary/aromatic N) is 5. The molecule has 1 saturated carbocycles. The Morgan fingerprint density at radius 2 is 1.95 bits per heavy atom. The number of aromatic nitrogens is 4. The number of hydrogen-bond donors (Lipinski definition) is 0. The van der Waals surface area contributed by atoms with Crippen molar-refractivity contribution in [2.45, 2.75) is 44.6 Å². The first-order valence-corrected chi connectivity index (χ1v) is 7.74. The molecule has 1 atom stereocenters. The zero-order valence-corrected chi connectivity index (χ0v) is 12.0. The van der Waals surface area contributed by atoms with E-state index in [2.05, 4.69) is 20.0 Å². The van der Waals surface area contributed by atoms with E-state index in [-0.39, 0.29) is 0 Å². The second kappa shape index (κ2) is 4.72. The maximum atomic E-state index is 4.59. The fourth-order valence-corrected chi connectivity index (χ4v) is 4.07. The summed E-state index contributed by atoms with van der Waals surface area (Å²) in [6, 6.07) is 0.677. The minimum Gasteiger partial charge on any atom is -0.353 e.